The number of hydrogen-bond acceptors (Lipinski definition) is 4. The van der Waals surface area contributed by atoms with Crippen LogP contribution in [0.1, 0.15) is 17.2 Å². The number of carbonyl (C=O) groups excluding carboxylic acids is 1. The predicted molar refractivity (Wildman–Crippen MR) is 104 cm³/mol. The van der Waals surface area contributed by atoms with Gasteiger partial charge in [0, 0.05) is 19.1 Å². The summed E-state index contributed by atoms with van der Waals surface area (Å²) < 4.78 is 0. The number of nitrogens with one attached hydrogen (secondary N) is 3. The Kier molecular flexibility index (Phi) is 6.39. The highest BCUT2D eigenvalue weighted by Crippen LogP contribution is 2.24. The molecule has 5 heteroatoms. The summed E-state index contributed by atoms with van der Waals surface area (Å²) in [4.78, 5) is 15.0. The summed E-state index contributed by atoms with van der Waals surface area (Å²) in [6, 6.07) is 20.8. The summed E-state index contributed by atoms with van der Waals surface area (Å²) in [5.74, 6) is -0.0202. The van der Waals surface area contributed by atoms with Gasteiger partial charge in [-0.15, -0.1) is 0 Å². The van der Waals surface area contributed by atoms with E-state index in [0.29, 0.717) is 13.1 Å². The average Bonchev–Trinajstić information content (AvgIpc) is 3.16. The fourth-order valence-electron chi connectivity index (χ4n) is 3.39. The summed E-state index contributed by atoms with van der Waals surface area (Å²) in [5.41, 5.74) is 8.78. The normalized spacial score (nSPS) is 20.9. The fraction of sp³-hybridized carbons (Fsp3) is 0.381. The lowest BCUT2D eigenvalue weighted by Crippen LogP contribution is -2.44. The highest BCUT2D eigenvalue weighted by atomic mass is 16.2. The van der Waals surface area contributed by atoms with E-state index >= 15 is 0 Å². The van der Waals surface area contributed by atoms with Crippen LogP contribution in [-0.2, 0) is 11.2 Å². The van der Waals surface area contributed by atoms with Gasteiger partial charge in [0.2, 0.25) is 5.91 Å². The van der Waals surface area contributed by atoms with Crippen molar-refractivity contribution in [3.8, 4) is 0 Å². The molecule has 1 fully saturated rings. The van der Waals surface area contributed by atoms with Crippen molar-refractivity contribution in [1.29, 1.82) is 0 Å². The maximum absolute atomic E-state index is 12.8. The van der Waals surface area contributed by atoms with E-state index in [1.165, 1.54) is 5.56 Å². The molecule has 3 unspecified atom stereocenters. The van der Waals surface area contributed by atoms with E-state index in [-0.39, 0.29) is 23.9 Å². The van der Waals surface area contributed by atoms with E-state index in [1.54, 1.807) is 0 Å². The van der Waals surface area contributed by atoms with E-state index in [2.05, 4.69) is 71.6 Å². The predicted octanol–water partition coefficient (Wildman–Crippen LogP) is 1.74. The van der Waals surface area contributed by atoms with Crippen molar-refractivity contribution in [2.24, 2.45) is 5.92 Å². The number of amides is 1. The zero-order chi connectivity index (χ0) is 18.4. The van der Waals surface area contributed by atoms with Crippen LogP contribution in [0, 0.1) is 5.92 Å². The van der Waals surface area contributed by atoms with E-state index in [1.807, 2.05) is 24.3 Å². The van der Waals surface area contributed by atoms with Gasteiger partial charge in [0.25, 0.3) is 0 Å². The summed E-state index contributed by atoms with van der Waals surface area (Å²) >= 11 is 0. The topological polar surface area (TPSA) is 56.4 Å². The Hall–Kier alpha value is -2.21. The lowest BCUT2D eigenvalue weighted by atomic mass is 9.94. The van der Waals surface area contributed by atoms with Crippen LogP contribution < -0.4 is 16.2 Å². The first-order chi connectivity index (χ1) is 12.6. The second-order valence-electron chi connectivity index (χ2n) is 7.07. The average molecular weight is 352 g/mol. The van der Waals surface area contributed by atoms with Crippen LogP contribution in [0.15, 0.2) is 60.7 Å². The minimum absolute atomic E-state index is 0.00290. The van der Waals surface area contributed by atoms with E-state index in [9.17, 15) is 4.79 Å². The monoisotopic (exact) mass is 352 g/mol. The summed E-state index contributed by atoms with van der Waals surface area (Å²) in [6.45, 7) is 1.27. The largest absolute Gasteiger partial charge is 0.354 e. The molecule has 1 aliphatic heterocycles. The molecule has 0 aliphatic carbocycles. The number of likely N-dealkylation sites (N-methyl/N-ethyl adjacent to an activating group) is 1. The standard InChI is InChI=1S/C21H28N4O/c1-25(2)18(13-16-9-5-3-6-10-16)14-22-21(26)19-15-23-24-20(19)17-11-7-4-8-12-17/h3-12,18-20,23-24H,13-15H2,1-2H3,(H,22,26). The first-order valence-electron chi connectivity index (χ1n) is 9.16. The third-order valence-electron chi connectivity index (χ3n) is 5.03. The van der Waals surface area contributed by atoms with Crippen molar-refractivity contribution >= 4 is 5.91 Å². The Morgan fingerprint density at radius 2 is 1.77 bits per heavy atom. The SMILES string of the molecule is CN(C)C(CNC(=O)C1CNNC1c1ccccc1)Cc1ccccc1. The molecule has 2 aromatic rings. The van der Waals surface area contributed by atoms with Gasteiger partial charge in [-0.1, -0.05) is 60.7 Å². The number of rotatable bonds is 7. The molecular weight excluding hydrogens is 324 g/mol. The van der Waals surface area contributed by atoms with Crippen LogP contribution in [0.5, 0.6) is 0 Å². The van der Waals surface area contributed by atoms with Gasteiger partial charge in [0.15, 0.2) is 0 Å². The lowest BCUT2D eigenvalue weighted by molar-refractivity contribution is -0.125. The van der Waals surface area contributed by atoms with Crippen molar-refractivity contribution in [1.82, 2.24) is 21.1 Å². The Labute approximate surface area is 155 Å². The molecule has 1 aliphatic rings. The van der Waals surface area contributed by atoms with Gasteiger partial charge in [-0.2, -0.15) is 0 Å². The number of benzene rings is 2. The van der Waals surface area contributed by atoms with Gasteiger partial charge < -0.3 is 10.2 Å². The number of nitrogens with zero attached hydrogens (tertiary/aromatic N) is 1. The minimum atomic E-state index is -0.114. The number of hydrazine groups is 1. The Balaban J connectivity index is 1.59. The lowest BCUT2D eigenvalue weighted by Gasteiger charge is -2.26. The number of carbonyl (C=O) groups is 1. The number of hydrogen-bond donors (Lipinski definition) is 3. The molecule has 0 aromatic heterocycles. The van der Waals surface area contributed by atoms with Crippen LogP contribution in [-0.4, -0.2) is 44.0 Å². The molecule has 1 amide bonds. The molecule has 1 heterocycles. The maximum Gasteiger partial charge on any atom is 0.226 e. The van der Waals surface area contributed by atoms with Crippen molar-refractivity contribution in [3.63, 3.8) is 0 Å². The summed E-state index contributed by atoms with van der Waals surface area (Å²) in [5, 5.41) is 3.17. The minimum Gasteiger partial charge on any atom is -0.354 e. The molecule has 0 bridgehead atoms. The first kappa shape index (κ1) is 18.6. The molecule has 3 atom stereocenters. The van der Waals surface area contributed by atoms with Crippen LogP contribution in [0.4, 0.5) is 0 Å². The van der Waals surface area contributed by atoms with Gasteiger partial charge in [-0.05, 0) is 31.6 Å². The van der Waals surface area contributed by atoms with Gasteiger partial charge >= 0.3 is 0 Å². The van der Waals surface area contributed by atoms with Crippen LogP contribution in [0.25, 0.3) is 0 Å². The van der Waals surface area contributed by atoms with Crippen LogP contribution in [0.3, 0.4) is 0 Å². The molecule has 0 spiro atoms. The smallest absolute Gasteiger partial charge is 0.226 e. The van der Waals surface area contributed by atoms with Crippen molar-refractivity contribution in [3.05, 3.63) is 71.8 Å². The Morgan fingerprint density at radius 1 is 1.12 bits per heavy atom. The Morgan fingerprint density at radius 3 is 2.42 bits per heavy atom. The molecule has 0 saturated carbocycles. The zero-order valence-corrected chi connectivity index (χ0v) is 15.5. The Bertz CT molecular complexity index is 690. The molecule has 1 saturated heterocycles. The van der Waals surface area contributed by atoms with E-state index < -0.39 is 0 Å². The summed E-state index contributed by atoms with van der Waals surface area (Å²) in [7, 11) is 4.12. The van der Waals surface area contributed by atoms with E-state index in [4.69, 9.17) is 0 Å². The molecule has 3 rings (SSSR count). The highest BCUT2D eigenvalue weighted by Gasteiger charge is 2.34. The van der Waals surface area contributed by atoms with Gasteiger partial charge in [-0.3, -0.25) is 10.2 Å². The first-order valence-corrected chi connectivity index (χ1v) is 9.16. The van der Waals surface area contributed by atoms with Crippen molar-refractivity contribution < 1.29 is 4.79 Å². The van der Waals surface area contributed by atoms with Crippen molar-refractivity contribution in [2.75, 3.05) is 27.2 Å². The second-order valence-corrected chi connectivity index (χ2v) is 7.07. The molecule has 26 heavy (non-hydrogen) atoms. The zero-order valence-electron chi connectivity index (χ0n) is 15.5. The third kappa shape index (κ3) is 4.69. The van der Waals surface area contributed by atoms with Crippen molar-refractivity contribution in [2.45, 2.75) is 18.5 Å². The maximum atomic E-state index is 12.8. The van der Waals surface area contributed by atoms with Gasteiger partial charge in [-0.25, -0.2) is 5.43 Å². The second kappa shape index (κ2) is 8.94. The molecule has 2 aromatic carbocycles. The fourth-order valence-corrected chi connectivity index (χ4v) is 3.39. The molecule has 138 valence electrons. The summed E-state index contributed by atoms with van der Waals surface area (Å²) in [6.07, 6.45) is 0.914. The molecule has 3 N–H and O–H groups in total. The van der Waals surface area contributed by atoms with Crippen LogP contribution >= 0.6 is 0 Å². The third-order valence-corrected chi connectivity index (χ3v) is 5.03. The van der Waals surface area contributed by atoms with Crippen LogP contribution in [0.2, 0.25) is 0 Å². The quantitative estimate of drug-likeness (QED) is 0.711. The molecular formula is C21H28N4O. The highest BCUT2D eigenvalue weighted by molar-refractivity contribution is 5.80. The van der Waals surface area contributed by atoms with Gasteiger partial charge in [0.1, 0.15) is 0 Å². The van der Waals surface area contributed by atoms with Gasteiger partial charge in [0.05, 0.1) is 12.0 Å². The molecule has 0 radical (unpaired) electrons. The van der Waals surface area contributed by atoms with E-state index in [0.717, 1.165) is 12.0 Å². The molecule has 5 nitrogen and oxygen atoms in total.